The number of nitrogens with one attached hydrogen (secondary N) is 1. The van der Waals surface area contributed by atoms with Crippen molar-refractivity contribution in [1.29, 1.82) is 0 Å². The second-order valence-corrected chi connectivity index (χ2v) is 8.59. The van der Waals surface area contributed by atoms with E-state index in [9.17, 15) is 14.2 Å². The zero-order valence-electron chi connectivity index (χ0n) is 17.9. The van der Waals surface area contributed by atoms with Crippen LogP contribution in [0.3, 0.4) is 0 Å². The maximum absolute atomic E-state index is 12.3. The second kappa shape index (κ2) is 9.51. The lowest BCUT2D eigenvalue weighted by Gasteiger charge is -2.12. The van der Waals surface area contributed by atoms with Gasteiger partial charge in [0.1, 0.15) is 19.5 Å². The number of hydrogen-bond acceptors (Lipinski definition) is 9. The summed E-state index contributed by atoms with van der Waals surface area (Å²) < 4.78 is 30.1. The summed E-state index contributed by atoms with van der Waals surface area (Å²) in [4.78, 5) is 34.6. The number of nitrogens with two attached hydrogens (primary N) is 1. The van der Waals surface area contributed by atoms with Crippen LogP contribution in [-0.4, -0.2) is 38.7 Å². The molecule has 2 atom stereocenters. The Morgan fingerprint density at radius 3 is 2.88 bits per heavy atom. The Labute approximate surface area is 189 Å². The molecule has 1 fully saturated rings. The lowest BCUT2D eigenvalue weighted by Crippen LogP contribution is -2.20. The van der Waals surface area contributed by atoms with E-state index in [0.29, 0.717) is 30.7 Å². The largest absolute Gasteiger partial charge is 0.750 e. The number of nitrogen functional groups attached to an aromatic ring is 1. The highest BCUT2D eigenvalue weighted by Gasteiger charge is 2.53. The van der Waals surface area contributed by atoms with Crippen LogP contribution in [0, 0.1) is 5.41 Å². The molecular weight excluding hydrogens is 449 g/mol. The van der Waals surface area contributed by atoms with Crippen LogP contribution in [0.5, 0.6) is 5.75 Å². The third-order valence-electron chi connectivity index (χ3n) is 5.16. The zero-order valence-corrected chi connectivity index (χ0v) is 18.8. The number of aromatic amines is 1. The molecule has 11 nitrogen and oxygen atoms in total. The number of imidazole rings is 1. The molecule has 1 aromatic carbocycles. The van der Waals surface area contributed by atoms with Gasteiger partial charge in [0, 0.05) is 17.2 Å². The number of nitrogens with zero attached hydrogens (tertiary/aromatic N) is 3. The number of H-pyrrole nitrogens is 1. The molecule has 4 rings (SSSR count). The summed E-state index contributed by atoms with van der Waals surface area (Å²) in [6, 6.07) is 8.68. The lowest BCUT2D eigenvalue weighted by molar-refractivity contribution is -0.145. The molecule has 1 unspecified atom stereocenters. The predicted molar refractivity (Wildman–Crippen MR) is 120 cm³/mol. The van der Waals surface area contributed by atoms with Gasteiger partial charge in [-0.1, -0.05) is 25.1 Å². The first-order valence-electron chi connectivity index (χ1n) is 10.3. The molecule has 1 saturated carbocycles. The summed E-state index contributed by atoms with van der Waals surface area (Å²) >= 11 is 0. The number of fused-ring (bicyclic) bond motifs is 1. The molecule has 0 amide bonds. The van der Waals surface area contributed by atoms with Gasteiger partial charge in [-0.3, -0.25) is 19.1 Å². The molecule has 0 bridgehead atoms. The average molecular weight is 472 g/mol. The second-order valence-electron chi connectivity index (χ2n) is 7.70. The van der Waals surface area contributed by atoms with E-state index in [0.717, 1.165) is 5.57 Å². The van der Waals surface area contributed by atoms with Crippen molar-refractivity contribution in [3.05, 3.63) is 52.6 Å². The minimum absolute atomic E-state index is 0.0169. The van der Waals surface area contributed by atoms with Crippen LogP contribution in [0.1, 0.15) is 26.2 Å². The Balaban J connectivity index is 1.52. The minimum atomic E-state index is -2.43. The van der Waals surface area contributed by atoms with Crippen LogP contribution < -0.4 is 15.8 Å². The van der Waals surface area contributed by atoms with Crippen molar-refractivity contribution in [2.24, 2.45) is 5.41 Å². The summed E-state index contributed by atoms with van der Waals surface area (Å²) in [5.74, 6) is 0.0797. The van der Waals surface area contributed by atoms with Gasteiger partial charge in [0.2, 0.25) is 5.95 Å². The van der Waals surface area contributed by atoms with Gasteiger partial charge < -0.3 is 10.5 Å². The van der Waals surface area contributed by atoms with E-state index in [2.05, 4.69) is 15.0 Å². The SMILES string of the molecule is CCCC(=O)OC[C@@]1(CO[P+](=O)Oc2ccccc2)C/C1=C/n1cnc2c(=O)[nH]c(N)nc21. The highest BCUT2D eigenvalue weighted by molar-refractivity contribution is 7.33. The Kier molecular flexibility index (Phi) is 6.52. The smallest absolute Gasteiger partial charge is 0.465 e. The molecule has 0 saturated heterocycles. The van der Waals surface area contributed by atoms with E-state index in [1.54, 1.807) is 35.0 Å². The molecule has 12 heteroatoms. The fraction of sp³-hybridized carbons (Fsp3) is 0.333. The molecule has 2 heterocycles. The summed E-state index contributed by atoms with van der Waals surface area (Å²) in [5, 5.41) is 0. The van der Waals surface area contributed by atoms with Crippen LogP contribution in [-0.2, 0) is 18.6 Å². The first-order valence-corrected chi connectivity index (χ1v) is 11.4. The van der Waals surface area contributed by atoms with Gasteiger partial charge >= 0.3 is 14.2 Å². The highest BCUT2D eigenvalue weighted by Crippen LogP contribution is 2.54. The number of anilines is 1. The number of para-hydroxylation sites is 1. The monoisotopic (exact) mass is 472 g/mol. The van der Waals surface area contributed by atoms with E-state index < -0.39 is 19.2 Å². The molecule has 1 aliphatic rings. The van der Waals surface area contributed by atoms with Gasteiger partial charge in [-0.2, -0.15) is 4.98 Å². The summed E-state index contributed by atoms with van der Waals surface area (Å²) in [6.07, 6.45) is 4.69. The molecule has 3 aromatic rings. The molecule has 2 aromatic heterocycles. The fourth-order valence-corrected chi connectivity index (χ4v) is 4.00. The lowest BCUT2D eigenvalue weighted by atomic mass is 10.1. The molecule has 0 radical (unpaired) electrons. The number of aromatic nitrogens is 4. The summed E-state index contributed by atoms with van der Waals surface area (Å²) in [5.41, 5.74) is 5.85. The normalized spacial score (nSPS) is 18.9. The van der Waals surface area contributed by atoms with Crippen molar-refractivity contribution in [2.75, 3.05) is 18.9 Å². The number of carbonyl (C=O) groups excluding carboxylic acids is 1. The van der Waals surface area contributed by atoms with Crippen LogP contribution in [0.25, 0.3) is 17.4 Å². The Morgan fingerprint density at radius 1 is 1.33 bits per heavy atom. The van der Waals surface area contributed by atoms with Crippen molar-refractivity contribution >= 4 is 37.5 Å². The topological polar surface area (TPSA) is 151 Å². The van der Waals surface area contributed by atoms with Crippen LogP contribution in [0.2, 0.25) is 0 Å². The van der Waals surface area contributed by atoms with Crippen molar-refractivity contribution < 1.29 is 23.1 Å². The molecule has 1 aliphatic carbocycles. The third-order valence-corrected chi connectivity index (χ3v) is 5.86. The van der Waals surface area contributed by atoms with E-state index in [4.69, 9.17) is 19.5 Å². The van der Waals surface area contributed by atoms with Gasteiger partial charge in [0.15, 0.2) is 16.9 Å². The number of carbonyl (C=O) groups is 1. The van der Waals surface area contributed by atoms with E-state index in [-0.39, 0.29) is 30.6 Å². The van der Waals surface area contributed by atoms with Crippen molar-refractivity contribution in [3.8, 4) is 5.75 Å². The maximum Gasteiger partial charge on any atom is 0.750 e. The standard InChI is InChI=1S/C21H22N5O6P/c1-2-6-16(27)30-11-21(12-31-33(29)32-15-7-4-3-5-8-15)9-14(21)10-26-13-23-17-18(26)24-20(22)25-19(17)28/h3-5,7-8,10,13H,2,6,9,11-12H2,1H3,(H2-,22,24,25,28)/p+1/b14-10-/t21-/m1/s1. The number of ether oxygens (including phenoxy) is 1. The molecule has 0 aliphatic heterocycles. The number of hydrogen-bond donors (Lipinski definition) is 2. The first-order chi connectivity index (χ1) is 15.9. The quantitative estimate of drug-likeness (QED) is 0.335. The van der Waals surface area contributed by atoms with Gasteiger partial charge in [-0.25, -0.2) is 9.51 Å². The van der Waals surface area contributed by atoms with Crippen LogP contribution in [0.4, 0.5) is 5.95 Å². The number of esters is 1. The number of benzene rings is 1. The highest BCUT2D eigenvalue weighted by atomic mass is 31.1. The van der Waals surface area contributed by atoms with E-state index in [1.165, 1.54) is 6.33 Å². The van der Waals surface area contributed by atoms with Crippen molar-refractivity contribution in [3.63, 3.8) is 0 Å². The Bertz CT molecular complexity index is 1270. The van der Waals surface area contributed by atoms with E-state index in [1.807, 2.05) is 13.0 Å². The molecule has 33 heavy (non-hydrogen) atoms. The Hall–Kier alpha value is -3.56. The number of rotatable bonds is 10. The minimum Gasteiger partial charge on any atom is -0.465 e. The molecule has 3 N–H and O–H groups in total. The van der Waals surface area contributed by atoms with Gasteiger partial charge in [0.25, 0.3) is 5.56 Å². The molecule has 172 valence electrons. The maximum atomic E-state index is 12.3. The van der Waals surface area contributed by atoms with Crippen molar-refractivity contribution in [1.82, 2.24) is 19.5 Å². The zero-order chi connectivity index (χ0) is 23.4. The molecular formula is C21H23N5O6P+. The predicted octanol–water partition coefficient (Wildman–Crippen LogP) is 3.03. The molecule has 0 spiro atoms. The third kappa shape index (κ3) is 5.27. The average Bonchev–Trinajstić information content (AvgIpc) is 3.32. The fourth-order valence-electron chi connectivity index (χ4n) is 3.30. The summed E-state index contributed by atoms with van der Waals surface area (Å²) in [6.45, 7) is 1.97. The first kappa shape index (κ1) is 22.6. The van der Waals surface area contributed by atoms with E-state index >= 15 is 0 Å². The van der Waals surface area contributed by atoms with Gasteiger partial charge in [-0.05, 0) is 30.5 Å². The van der Waals surface area contributed by atoms with Crippen LogP contribution in [0.15, 0.2) is 47.0 Å². The van der Waals surface area contributed by atoms with Gasteiger partial charge in [-0.15, -0.1) is 4.52 Å². The summed E-state index contributed by atoms with van der Waals surface area (Å²) in [7, 11) is -2.43. The van der Waals surface area contributed by atoms with Crippen molar-refractivity contribution in [2.45, 2.75) is 26.2 Å². The van der Waals surface area contributed by atoms with Crippen LogP contribution >= 0.6 is 8.25 Å². The Morgan fingerprint density at radius 2 is 2.12 bits per heavy atom. The van der Waals surface area contributed by atoms with Gasteiger partial charge in [0.05, 0.1) is 5.41 Å².